The number of Topliss-reactive ketones (excluding diaryl/α,β-unsaturated/α-hetero) is 1. The maximum absolute atomic E-state index is 12.6. The van der Waals surface area contributed by atoms with Crippen LogP contribution in [-0.2, 0) is 4.79 Å². The molecule has 0 radical (unpaired) electrons. The monoisotopic (exact) mass is 317 g/mol. The number of oxime groups is 1. The second-order valence-corrected chi connectivity index (χ2v) is 8.70. The first kappa shape index (κ1) is 15.4. The Balaban J connectivity index is 1.71. The Labute approximate surface area is 137 Å². The van der Waals surface area contributed by atoms with Crippen LogP contribution >= 0.6 is 0 Å². The number of ketones is 1. The van der Waals surface area contributed by atoms with Crippen LogP contribution in [0, 0.1) is 28.6 Å². The number of rotatable bonds is 0. The van der Waals surface area contributed by atoms with Crippen LogP contribution < -0.4 is 0 Å². The van der Waals surface area contributed by atoms with Gasteiger partial charge in [-0.15, -0.1) is 0 Å². The maximum atomic E-state index is 12.6. The zero-order chi connectivity index (χ0) is 16.4. The first-order chi connectivity index (χ1) is 10.9. The highest BCUT2D eigenvalue weighted by Gasteiger charge is 2.61. The average Bonchev–Trinajstić information content (AvgIpc) is 2.76. The number of carbonyl (C=O) groups is 1. The summed E-state index contributed by atoms with van der Waals surface area (Å²) in [7, 11) is 0. The highest BCUT2D eigenvalue weighted by atomic mass is 16.4. The Morgan fingerprint density at radius 2 is 2.00 bits per heavy atom. The molecule has 3 fully saturated rings. The van der Waals surface area contributed by atoms with Crippen LogP contribution in [0.15, 0.2) is 16.8 Å². The standard InChI is InChI=1S/C19H27NO3/c1-18-7-5-12(20-23)9-11(18)3-4-13-14(18)6-8-19(2)16(22)10-15(21)17(13)19/h9,13-14,16-17,22-23H,3-8,10H2,1-2H3/t13-,14+,16+,17-,18+,19-/m1/s1. The van der Waals surface area contributed by atoms with Gasteiger partial charge >= 0.3 is 0 Å². The minimum absolute atomic E-state index is 0.0440. The molecule has 4 nitrogen and oxygen atoms in total. The van der Waals surface area contributed by atoms with Crippen molar-refractivity contribution in [1.82, 2.24) is 0 Å². The van der Waals surface area contributed by atoms with E-state index < -0.39 is 6.10 Å². The molecule has 0 unspecified atom stereocenters. The zero-order valence-corrected chi connectivity index (χ0v) is 14.1. The first-order valence-corrected chi connectivity index (χ1v) is 9.03. The van der Waals surface area contributed by atoms with E-state index >= 15 is 0 Å². The van der Waals surface area contributed by atoms with Gasteiger partial charge in [-0.2, -0.15) is 0 Å². The summed E-state index contributed by atoms with van der Waals surface area (Å²) in [5.41, 5.74) is 2.13. The number of aliphatic hydroxyl groups excluding tert-OH is 1. The number of fused-ring (bicyclic) bond motifs is 5. The lowest BCUT2D eigenvalue weighted by molar-refractivity contribution is -0.131. The molecule has 0 aliphatic heterocycles. The lowest BCUT2D eigenvalue weighted by Gasteiger charge is -2.57. The summed E-state index contributed by atoms with van der Waals surface area (Å²) in [6, 6.07) is 0. The zero-order valence-electron chi connectivity index (χ0n) is 14.1. The Kier molecular flexibility index (Phi) is 3.29. The Morgan fingerprint density at radius 1 is 1.22 bits per heavy atom. The number of allylic oxidation sites excluding steroid dienone is 2. The van der Waals surface area contributed by atoms with E-state index in [0.717, 1.165) is 44.2 Å². The van der Waals surface area contributed by atoms with E-state index in [4.69, 9.17) is 5.21 Å². The van der Waals surface area contributed by atoms with E-state index in [1.54, 1.807) is 0 Å². The first-order valence-electron chi connectivity index (χ1n) is 9.03. The fourth-order valence-electron chi connectivity index (χ4n) is 6.42. The molecule has 4 aliphatic carbocycles. The molecule has 0 aromatic heterocycles. The van der Waals surface area contributed by atoms with Gasteiger partial charge in [-0.25, -0.2) is 0 Å². The molecule has 6 atom stereocenters. The van der Waals surface area contributed by atoms with Gasteiger partial charge in [-0.3, -0.25) is 4.79 Å². The smallest absolute Gasteiger partial charge is 0.139 e. The van der Waals surface area contributed by atoms with Gasteiger partial charge < -0.3 is 10.3 Å². The lowest BCUT2D eigenvalue weighted by atomic mass is 9.47. The van der Waals surface area contributed by atoms with Gasteiger partial charge in [0.25, 0.3) is 0 Å². The molecule has 4 heteroatoms. The molecular formula is C19H27NO3. The van der Waals surface area contributed by atoms with Crippen LogP contribution in [0.2, 0.25) is 0 Å². The van der Waals surface area contributed by atoms with Crippen molar-refractivity contribution in [3.63, 3.8) is 0 Å². The second-order valence-electron chi connectivity index (χ2n) is 8.70. The Hall–Kier alpha value is -1.16. The minimum Gasteiger partial charge on any atom is -0.411 e. The molecule has 23 heavy (non-hydrogen) atoms. The summed E-state index contributed by atoms with van der Waals surface area (Å²) in [6.07, 6.45) is 7.90. The van der Waals surface area contributed by atoms with Crippen molar-refractivity contribution in [2.45, 2.75) is 64.9 Å². The predicted molar refractivity (Wildman–Crippen MR) is 87.3 cm³/mol. The van der Waals surface area contributed by atoms with E-state index in [9.17, 15) is 9.90 Å². The molecule has 0 amide bonds. The molecule has 0 aromatic carbocycles. The predicted octanol–water partition coefficient (Wildman–Crippen LogP) is 3.32. The van der Waals surface area contributed by atoms with E-state index in [1.807, 2.05) is 0 Å². The Morgan fingerprint density at radius 3 is 2.74 bits per heavy atom. The highest BCUT2D eigenvalue weighted by molar-refractivity contribution is 5.96. The molecule has 3 saturated carbocycles. The molecule has 0 aromatic rings. The average molecular weight is 317 g/mol. The summed E-state index contributed by atoms with van der Waals surface area (Å²) >= 11 is 0. The van der Waals surface area contributed by atoms with E-state index in [-0.39, 0.29) is 16.7 Å². The van der Waals surface area contributed by atoms with Crippen molar-refractivity contribution >= 4 is 11.5 Å². The van der Waals surface area contributed by atoms with Crippen molar-refractivity contribution in [2.75, 3.05) is 0 Å². The van der Waals surface area contributed by atoms with Crippen molar-refractivity contribution < 1.29 is 15.1 Å². The summed E-state index contributed by atoms with van der Waals surface area (Å²) < 4.78 is 0. The topological polar surface area (TPSA) is 69.9 Å². The number of aliphatic hydroxyl groups is 1. The third kappa shape index (κ3) is 1.93. The van der Waals surface area contributed by atoms with Crippen LogP contribution in [0.25, 0.3) is 0 Å². The lowest BCUT2D eigenvalue weighted by Crippen LogP contribution is -2.52. The molecule has 0 bridgehead atoms. The van der Waals surface area contributed by atoms with E-state index in [0.29, 0.717) is 24.0 Å². The van der Waals surface area contributed by atoms with Crippen molar-refractivity contribution in [1.29, 1.82) is 0 Å². The summed E-state index contributed by atoms with van der Waals surface area (Å²) in [5.74, 6) is 1.27. The number of nitrogens with zero attached hydrogens (tertiary/aromatic N) is 1. The van der Waals surface area contributed by atoms with Gasteiger partial charge in [0.05, 0.1) is 11.8 Å². The van der Waals surface area contributed by atoms with Gasteiger partial charge in [-0.1, -0.05) is 24.6 Å². The van der Waals surface area contributed by atoms with Gasteiger partial charge in [-0.05, 0) is 61.9 Å². The molecule has 2 N–H and O–H groups in total. The Bertz CT molecular complexity index is 610. The number of carbonyl (C=O) groups excluding carboxylic acids is 1. The quantitative estimate of drug-likeness (QED) is 0.532. The highest BCUT2D eigenvalue weighted by Crippen LogP contribution is 2.64. The van der Waals surface area contributed by atoms with E-state index in [2.05, 4.69) is 25.1 Å². The molecule has 4 aliphatic rings. The largest absolute Gasteiger partial charge is 0.411 e. The maximum Gasteiger partial charge on any atom is 0.139 e. The minimum atomic E-state index is -0.454. The third-order valence-corrected chi connectivity index (χ3v) is 7.82. The van der Waals surface area contributed by atoms with Gasteiger partial charge in [0, 0.05) is 17.8 Å². The van der Waals surface area contributed by atoms with Crippen LogP contribution in [-0.4, -0.2) is 27.9 Å². The number of hydrogen-bond acceptors (Lipinski definition) is 4. The van der Waals surface area contributed by atoms with Crippen LogP contribution in [0.4, 0.5) is 0 Å². The normalized spacial score (nSPS) is 51.0. The molecule has 126 valence electrons. The number of hydrogen-bond donors (Lipinski definition) is 2. The fourth-order valence-corrected chi connectivity index (χ4v) is 6.42. The summed E-state index contributed by atoms with van der Waals surface area (Å²) in [6.45, 7) is 4.48. The van der Waals surface area contributed by atoms with Gasteiger partial charge in [0.2, 0.25) is 0 Å². The SMILES string of the molecule is C[C@]12CC[C@H]3[C@@H](CCC4=CC(=NO)CC[C@@]43C)[C@@H]1C(=O)C[C@@H]2O. The summed E-state index contributed by atoms with van der Waals surface area (Å²) in [4.78, 5) is 12.6. The van der Waals surface area contributed by atoms with Gasteiger partial charge in [0.15, 0.2) is 0 Å². The van der Waals surface area contributed by atoms with Gasteiger partial charge in [0.1, 0.15) is 5.78 Å². The van der Waals surface area contributed by atoms with Crippen LogP contribution in [0.3, 0.4) is 0 Å². The van der Waals surface area contributed by atoms with Crippen LogP contribution in [0.5, 0.6) is 0 Å². The van der Waals surface area contributed by atoms with Crippen molar-refractivity contribution in [3.8, 4) is 0 Å². The summed E-state index contributed by atoms with van der Waals surface area (Å²) in [5, 5.41) is 22.9. The third-order valence-electron chi connectivity index (χ3n) is 7.82. The van der Waals surface area contributed by atoms with E-state index in [1.165, 1.54) is 5.57 Å². The molecular weight excluding hydrogens is 290 g/mol. The molecule has 0 saturated heterocycles. The fraction of sp³-hybridized carbons (Fsp3) is 0.789. The molecule has 4 rings (SSSR count). The van der Waals surface area contributed by atoms with Crippen molar-refractivity contribution in [2.24, 2.45) is 33.7 Å². The molecule has 0 heterocycles. The molecule has 0 spiro atoms. The van der Waals surface area contributed by atoms with Crippen molar-refractivity contribution in [3.05, 3.63) is 11.6 Å². The second kappa shape index (κ2) is 4.92. The van der Waals surface area contributed by atoms with Crippen LogP contribution in [0.1, 0.15) is 58.8 Å².